The Labute approximate surface area is 90.4 Å². The van der Waals surface area contributed by atoms with E-state index in [1.807, 2.05) is 13.0 Å². The minimum atomic E-state index is -0.0383. The quantitative estimate of drug-likeness (QED) is 0.393. The van der Waals surface area contributed by atoms with E-state index < -0.39 is 0 Å². The Morgan fingerprint density at radius 3 is 2.64 bits per heavy atom. The van der Waals surface area contributed by atoms with Gasteiger partial charge in [-0.15, -0.1) is 11.6 Å². The molecular weight excluding hydrogens is 194 g/mol. The van der Waals surface area contributed by atoms with Crippen molar-refractivity contribution in [2.75, 3.05) is 0 Å². The number of halogens is 1. The highest BCUT2D eigenvalue weighted by atomic mass is 35.5. The van der Waals surface area contributed by atoms with Gasteiger partial charge in [-0.05, 0) is 37.3 Å². The molecule has 0 N–H and O–H groups in total. The Morgan fingerprint density at radius 1 is 1.64 bits per heavy atom. The summed E-state index contributed by atoms with van der Waals surface area (Å²) in [7, 11) is 0. The van der Waals surface area contributed by atoms with Gasteiger partial charge in [-0.1, -0.05) is 18.7 Å². The lowest BCUT2D eigenvalue weighted by atomic mass is 10.0. The van der Waals surface area contributed by atoms with Crippen molar-refractivity contribution in [3.8, 4) is 6.07 Å². The van der Waals surface area contributed by atoms with Crippen LogP contribution >= 0.6 is 11.6 Å². The Kier molecular flexibility index (Phi) is 3.98. The lowest BCUT2D eigenvalue weighted by Gasteiger charge is -2.00. The fourth-order valence-corrected chi connectivity index (χ4v) is 1.39. The maximum Gasteiger partial charge on any atom is 0.0994 e. The minimum Gasteiger partial charge on any atom is -0.192 e. The summed E-state index contributed by atoms with van der Waals surface area (Å²) in [6.45, 7) is 5.62. The van der Waals surface area contributed by atoms with Crippen molar-refractivity contribution in [1.29, 1.82) is 5.26 Å². The van der Waals surface area contributed by atoms with Crippen molar-refractivity contribution in [2.24, 2.45) is 5.92 Å². The molecule has 0 radical (unpaired) electrons. The number of nitriles is 1. The van der Waals surface area contributed by atoms with Crippen LogP contribution in [-0.2, 0) is 0 Å². The molecule has 0 aliphatic heterocycles. The molecule has 1 aliphatic rings. The number of rotatable bonds is 4. The van der Waals surface area contributed by atoms with Crippen LogP contribution in [0, 0.1) is 17.2 Å². The molecule has 0 amide bonds. The molecule has 1 unspecified atom stereocenters. The van der Waals surface area contributed by atoms with Gasteiger partial charge in [0.05, 0.1) is 11.6 Å². The van der Waals surface area contributed by atoms with E-state index in [4.69, 9.17) is 16.9 Å². The second-order valence-electron chi connectivity index (χ2n) is 3.50. The first kappa shape index (κ1) is 11.1. The molecule has 1 saturated carbocycles. The van der Waals surface area contributed by atoms with Crippen molar-refractivity contribution in [1.82, 2.24) is 0 Å². The molecule has 0 aromatic rings. The van der Waals surface area contributed by atoms with Gasteiger partial charge in [0.25, 0.3) is 0 Å². The summed E-state index contributed by atoms with van der Waals surface area (Å²) in [5.41, 5.74) is 1.77. The summed E-state index contributed by atoms with van der Waals surface area (Å²) >= 11 is 5.78. The molecule has 0 saturated heterocycles. The highest BCUT2D eigenvalue weighted by molar-refractivity contribution is 6.21. The van der Waals surface area contributed by atoms with E-state index in [1.54, 1.807) is 12.2 Å². The Morgan fingerprint density at radius 2 is 2.29 bits per heavy atom. The van der Waals surface area contributed by atoms with Crippen molar-refractivity contribution in [3.05, 3.63) is 36.0 Å². The van der Waals surface area contributed by atoms with E-state index in [9.17, 15) is 0 Å². The summed E-state index contributed by atoms with van der Waals surface area (Å²) in [6, 6.07) is 2.19. The lowest BCUT2D eigenvalue weighted by Crippen LogP contribution is -1.88. The highest BCUT2D eigenvalue weighted by Crippen LogP contribution is 2.38. The van der Waals surface area contributed by atoms with Crippen LogP contribution in [0.5, 0.6) is 0 Å². The molecule has 1 fully saturated rings. The zero-order chi connectivity index (χ0) is 10.6. The molecule has 1 aliphatic carbocycles. The summed E-state index contributed by atoms with van der Waals surface area (Å²) in [6.07, 6.45) is 7.77. The van der Waals surface area contributed by atoms with Crippen molar-refractivity contribution < 1.29 is 0 Å². The first-order chi connectivity index (χ1) is 6.69. The van der Waals surface area contributed by atoms with Gasteiger partial charge in [-0.3, -0.25) is 0 Å². The standard InChI is InChI=1S/C12H14ClN/c1-3-12(10-6-7-10)11(8-14)5-4-9(2)13/h3-5,9-10H,1,6-7H2,2H3/b5-4-,12-11-. The number of alkyl halides is 1. The van der Waals surface area contributed by atoms with Crippen LogP contribution in [0.1, 0.15) is 19.8 Å². The smallest absolute Gasteiger partial charge is 0.0994 e. The number of hydrogen-bond acceptors (Lipinski definition) is 1. The van der Waals surface area contributed by atoms with E-state index in [1.165, 1.54) is 12.8 Å². The van der Waals surface area contributed by atoms with E-state index in [0.29, 0.717) is 11.5 Å². The number of nitrogens with zero attached hydrogens (tertiary/aromatic N) is 1. The van der Waals surface area contributed by atoms with Gasteiger partial charge in [0, 0.05) is 5.38 Å². The fraction of sp³-hybridized carbons (Fsp3) is 0.417. The van der Waals surface area contributed by atoms with E-state index >= 15 is 0 Å². The second kappa shape index (κ2) is 5.02. The summed E-state index contributed by atoms with van der Waals surface area (Å²) in [4.78, 5) is 0. The third-order valence-corrected chi connectivity index (χ3v) is 2.34. The average molecular weight is 208 g/mol. The molecule has 1 rings (SSSR count). The van der Waals surface area contributed by atoms with Gasteiger partial charge < -0.3 is 0 Å². The van der Waals surface area contributed by atoms with Crippen LogP contribution in [0.15, 0.2) is 36.0 Å². The number of allylic oxidation sites excluding steroid dienone is 5. The maximum absolute atomic E-state index is 8.97. The van der Waals surface area contributed by atoms with Crippen LogP contribution in [0.4, 0.5) is 0 Å². The Hall–Kier alpha value is -1.00. The van der Waals surface area contributed by atoms with Crippen molar-refractivity contribution in [2.45, 2.75) is 25.1 Å². The zero-order valence-corrected chi connectivity index (χ0v) is 9.09. The molecule has 0 heterocycles. The molecule has 0 aromatic carbocycles. The van der Waals surface area contributed by atoms with Crippen LogP contribution in [-0.4, -0.2) is 5.38 Å². The predicted octanol–water partition coefficient (Wildman–Crippen LogP) is 3.59. The van der Waals surface area contributed by atoms with Gasteiger partial charge in [0.1, 0.15) is 0 Å². The third kappa shape index (κ3) is 3.05. The van der Waals surface area contributed by atoms with Crippen LogP contribution < -0.4 is 0 Å². The van der Waals surface area contributed by atoms with E-state index in [0.717, 1.165) is 5.57 Å². The SMILES string of the molecule is C=C/C(=C(C#N)\C=C/C(C)Cl)C1CC1. The van der Waals surface area contributed by atoms with E-state index in [-0.39, 0.29) is 5.38 Å². The molecular formula is C12H14ClN. The molecule has 0 aromatic heterocycles. The third-order valence-electron chi connectivity index (χ3n) is 2.20. The molecule has 0 spiro atoms. The Bertz CT molecular complexity index is 314. The summed E-state index contributed by atoms with van der Waals surface area (Å²) in [5.74, 6) is 0.553. The molecule has 0 bridgehead atoms. The van der Waals surface area contributed by atoms with Crippen molar-refractivity contribution in [3.63, 3.8) is 0 Å². The summed E-state index contributed by atoms with van der Waals surface area (Å²) < 4.78 is 0. The van der Waals surface area contributed by atoms with Crippen LogP contribution in [0.2, 0.25) is 0 Å². The first-order valence-corrected chi connectivity index (χ1v) is 5.21. The molecule has 1 nitrogen and oxygen atoms in total. The van der Waals surface area contributed by atoms with E-state index in [2.05, 4.69) is 12.6 Å². The normalized spacial score (nSPS) is 20.1. The number of hydrogen-bond donors (Lipinski definition) is 0. The van der Waals surface area contributed by atoms with Crippen LogP contribution in [0.25, 0.3) is 0 Å². The maximum atomic E-state index is 8.97. The monoisotopic (exact) mass is 207 g/mol. The first-order valence-electron chi connectivity index (χ1n) is 4.78. The average Bonchev–Trinajstić information content (AvgIpc) is 2.95. The topological polar surface area (TPSA) is 23.8 Å². The highest BCUT2D eigenvalue weighted by Gasteiger charge is 2.25. The second-order valence-corrected chi connectivity index (χ2v) is 4.18. The predicted molar refractivity (Wildman–Crippen MR) is 60.0 cm³/mol. The van der Waals surface area contributed by atoms with Gasteiger partial charge in [-0.25, -0.2) is 0 Å². The zero-order valence-electron chi connectivity index (χ0n) is 8.33. The van der Waals surface area contributed by atoms with Gasteiger partial charge in [0.2, 0.25) is 0 Å². The Balaban J connectivity index is 2.87. The van der Waals surface area contributed by atoms with Gasteiger partial charge >= 0.3 is 0 Å². The minimum absolute atomic E-state index is 0.0383. The molecule has 74 valence electrons. The largest absolute Gasteiger partial charge is 0.192 e. The van der Waals surface area contributed by atoms with Gasteiger partial charge in [-0.2, -0.15) is 5.26 Å². The molecule has 2 heteroatoms. The lowest BCUT2D eigenvalue weighted by molar-refractivity contribution is 1.04. The van der Waals surface area contributed by atoms with Crippen LogP contribution in [0.3, 0.4) is 0 Å². The van der Waals surface area contributed by atoms with Gasteiger partial charge in [0.15, 0.2) is 0 Å². The molecule has 14 heavy (non-hydrogen) atoms. The van der Waals surface area contributed by atoms with Crippen molar-refractivity contribution >= 4 is 11.6 Å². The molecule has 1 atom stereocenters. The fourth-order valence-electron chi connectivity index (χ4n) is 1.32. The summed E-state index contributed by atoms with van der Waals surface area (Å²) in [5, 5.41) is 8.93.